The molecule has 0 aliphatic heterocycles. The van der Waals surface area contributed by atoms with Crippen LogP contribution in [0.3, 0.4) is 0 Å². The van der Waals surface area contributed by atoms with Gasteiger partial charge < -0.3 is 9.80 Å². The summed E-state index contributed by atoms with van der Waals surface area (Å²) in [5.41, 5.74) is 0.324. The van der Waals surface area contributed by atoms with Crippen molar-refractivity contribution in [2.45, 2.75) is 27.2 Å². The van der Waals surface area contributed by atoms with Crippen LogP contribution in [0, 0.1) is 5.41 Å². The number of rotatable bonds is 8. The first-order valence-corrected chi connectivity index (χ1v) is 6.52. The Kier molecular flexibility index (Phi) is 7.66. The number of thiol groups is 1. The fourth-order valence-corrected chi connectivity index (χ4v) is 1.68. The first-order chi connectivity index (χ1) is 6.91. The molecule has 0 fully saturated rings. The molecule has 0 aromatic rings. The summed E-state index contributed by atoms with van der Waals surface area (Å²) >= 11 is 4.42. The fraction of sp³-hybridized carbons (Fsp3) is 1.00. The van der Waals surface area contributed by atoms with Crippen molar-refractivity contribution in [3.63, 3.8) is 0 Å². The highest BCUT2D eigenvalue weighted by atomic mass is 32.1. The lowest BCUT2D eigenvalue weighted by Crippen LogP contribution is -2.39. The van der Waals surface area contributed by atoms with Crippen LogP contribution in [0.4, 0.5) is 0 Å². The third-order valence-corrected chi connectivity index (χ3v) is 3.34. The van der Waals surface area contributed by atoms with Gasteiger partial charge in [-0.25, -0.2) is 0 Å². The second-order valence-corrected chi connectivity index (χ2v) is 5.72. The largest absolute Gasteiger partial charge is 0.308 e. The van der Waals surface area contributed by atoms with Gasteiger partial charge in [-0.1, -0.05) is 20.8 Å². The SMILES string of the molecule is CCCN(CCN(C)C)CC(C)(C)CS. The molecule has 0 aromatic carbocycles. The van der Waals surface area contributed by atoms with Gasteiger partial charge in [0.05, 0.1) is 0 Å². The molecule has 0 heterocycles. The summed E-state index contributed by atoms with van der Waals surface area (Å²) in [6.45, 7) is 11.5. The van der Waals surface area contributed by atoms with E-state index in [0.29, 0.717) is 5.41 Å². The summed E-state index contributed by atoms with van der Waals surface area (Å²) in [4.78, 5) is 4.80. The molecule has 0 aliphatic rings. The van der Waals surface area contributed by atoms with Gasteiger partial charge in [0.2, 0.25) is 0 Å². The maximum Gasteiger partial charge on any atom is 0.0109 e. The maximum absolute atomic E-state index is 4.42. The summed E-state index contributed by atoms with van der Waals surface area (Å²) in [7, 11) is 4.27. The normalized spacial score (nSPS) is 12.8. The van der Waals surface area contributed by atoms with Gasteiger partial charge in [0.25, 0.3) is 0 Å². The highest BCUT2D eigenvalue weighted by Crippen LogP contribution is 2.18. The zero-order chi connectivity index (χ0) is 11.9. The molecule has 15 heavy (non-hydrogen) atoms. The predicted octanol–water partition coefficient (Wildman–Crippen LogP) is 2.22. The molecule has 0 saturated carbocycles. The van der Waals surface area contributed by atoms with Crippen molar-refractivity contribution < 1.29 is 0 Å². The second-order valence-electron chi connectivity index (χ2n) is 5.40. The number of hydrogen-bond donors (Lipinski definition) is 1. The molecular weight excluding hydrogens is 204 g/mol. The quantitative estimate of drug-likeness (QED) is 0.641. The summed E-state index contributed by atoms with van der Waals surface area (Å²) in [5, 5.41) is 0. The van der Waals surface area contributed by atoms with Crippen molar-refractivity contribution in [2.75, 3.05) is 46.0 Å². The molecule has 0 unspecified atom stereocenters. The van der Waals surface area contributed by atoms with Gasteiger partial charge >= 0.3 is 0 Å². The van der Waals surface area contributed by atoms with E-state index in [1.807, 2.05) is 0 Å². The van der Waals surface area contributed by atoms with Crippen LogP contribution in [-0.2, 0) is 0 Å². The lowest BCUT2D eigenvalue weighted by Gasteiger charge is -2.32. The summed E-state index contributed by atoms with van der Waals surface area (Å²) < 4.78 is 0. The van der Waals surface area contributed by atoms with Crippen LogP contribution < -0.4 is 0 Å². The lowest BCUT2D eigenvalue weighted by atomic mass is 9.95. The molecule has 0 N–H and O–H groups in total. The van der Waals surface area contributed by atoms with Crippen molar-refractivity contribution in [3.05, 3.63) is 0 Å². The van der Waals surface area contributed by atoms with E-state index in [4.69, 9.17) is 0 Å². The average Bonchev–Trinajstić information content (AvgIpc) is 2.14. The molecular formula is C12H28N2S. The van der Waals surface area contributed by atoms with Crippen LogP contribution in [0.1, 0.15) is 27.2 Å². The zero-order valence-electron chi connectivity index (χ0n) is 11.1. The van der Waals surface area contributed by atoms with Crippen molar-refractivity contribution >= 4 is 12.6 Å². The molecule has 0 radical (unpaired) electrons. The topological polar surface area (TPSA) is 6.48 Å². The van der Waals surface area contributed by atoms with Crippen LogP contribution in [0.15, 0.2) is 0 Å². The highest BCUT2D eigenvalue weighted by molar-refractivity contribution is 7.80. The minimum absolute atomic E-state index is 0.324. The maximum atomic E-state index is 4.42. The Bertz CT molecular complexity index is 158. The molecule has 0 aromatic heterocycles. The van der Waals surface area contributed by atoms with Crippen LogP contribution in [0.5, 0.6) is 0 Å². The van der Waals surface area contributed by atoms with Gasteiger partial charge in [-0.05, 0) is 38.2 Å². The van der Waals surface area contributed by atoms with Crippen molar-refractivity contribution in [1.82, 2.24) is 9.80 Å². The van der Waals surface area contributed by atoms with Gasteiger partial charge in [-0.3, -0.25) is 0 Å². The molecule has 0 amide bonds. The summed E-state index contributed by atoms with van der Waals surface area (Å²) in [5.74, 6) is 0.954. The molecule has 92 valence electrons. The number of likely N-dealkylation sites (N-methyl/N-ethyl adjacent to an activating group) is 1. The van der Waals surface area contributed by atoms with Crippen LogP contribution in [-0.4, -0.2) is 55.8 Å². The standard InChI is InChI=1S/C12H28N2S/c1-6-7-14(9-8-13(4)5)10-12(2,3)11-15/h15H,6-11H2,1-5H3. The fourth-order valence-electron chi connectivity index (χ4n) is 1.58. The number of nitrogens with zero attached hydrogens (tertiary/aromatic N) is 2. The van der Waals surface area contributed by atoms with Gasteiger partial charge in [-0.15, -0.1) is 0 Å². The van der Waals surface area contributed by atoms with E-state index in [9.17, 15) is 0 Å². The second kappa shape index (κ2) is 7.53. The molecule has 2 nitrogen and oxygen atoms in total. The third kappa shape index (κ3) is 8.12. The van der Waals surface area contributed by atoms with Gasteiger partial charge in [0.1, 0.15) is 0 Å². The predicted molar refractivity (Wildman–Crippen MR) is 72.9 cm³/mol. The van der Waals surface area contributed by atoms with Crippen molar-refractivity contribution in [3.8, 4) is 0 Å². The van der Waals surface area contributed by atoms with E-state index >= 15 is 0 Å². The molecule has 0 bridgehead atoms. The minimum atomic E-state index is 0.324. The molecule has 3 heteroatoms. The van der Waals surface area contributed by atoms with Crippen LogP contribution in [0.2, 0.25) is 0 Å². The first kappa shape index (κ1) is 15.3. The van der Waals surface area contributed by atoms with Gasteiger partial charge in [0, 0.05) is 19.6 Å². The minimum Gasteiger partial charge on any atom is -0.308 e. The van der Waals surface area contributed by atoms with Crippen molar-refractivity contribution in [1.29, 1.82) is 0 Å². The Morgan fingerprint density at radius 2 is 1.67 bits per heavy atom. The lowest BCUT2D eigenvalue weighted by molar-refractivity contribution is 0.179. The highest BCUT2D eigenvalue weighted by Gasteiger charge is 2.19. The Hall–Kier alpha value is 0.270. The van der Waals surface area contributed by atoms with E-state index in [2.05, 4.69) is 57.3 Å². The Morgan fingerprint density at radius 1 is 1.07 bits per heavy atom. The van der Waals surface area contributed by atoms with E-state index in [0.717, 1.165) is 25.4 Å². The molecule has 0 saturated heterocycles. The molecule has 0 rings (SSSR count). The first-order valence-electron chi connectivity index (χ1n) is 5.89. The summed E-state index contributed by atoms with van der Waals surface area (Å²) in [6, 6.07) is 0. The van der Waals surface area contributed by atoms with E-state index < -0.39 is 0 Å². The Balaban J connectivity index is 4.03. The van der Waals surface area contributed by atoms with Gasteiger partial charge in [0.15, 0.2) is 0 Å². The Morgan fingerprint density at radius 3 is 2.07 bits per heavy atom. The third-order valence-electron chi connectivity index (χ3n) is 2.48. The molecule has 0 aliphatic carbocycles. The van der Waals surface area contributed by atoms with Gasteiger partial charge in [-0.2, -0.15) is 12.6 Å². The van der Waals surface area contributed by atoms with Crippen LogP contribution >= 0.6 is 12.6 Å². The average molecular weight is 232 g/mol. The number of hydrogen-bond acceptors (Lipinski definition) is 3. The summed E-state index contributed by atoms with van der Waals surface area (Å²) in [6.07, 6.45) is 1.23. The van der Waals surface area contributed by atoms with E-state index in [-0.39, 0.29) is 0 Å². The van der Waals surface area contributed by atoms with E-state index in [1.165, 1.54) is 13.0 Å². The smallest absolute Gasteiger partial charge is 0.0109 e. The van der Waals surface area contributed by atoms with E-state index in [1.54, 1.807) is 0 Å². The Labute approximate surface area is 101 Å². The van der Waals surface area contributed by atoms with Crippen molar-refractivity contribution in [2.24, 2.45) is 5.41 Å². The van der Waals surface area contributed by atoms with Crippen LogP contribution in [0.25, 0.3) is 0 Å². The molecule has 0 spiro atoms. The zero-order valence-corrected chi connectivity index (χ0v) is 12.0. The molecule has 0 atom stereocenters. The monoisotopic (exact) mass is 232 g/mol.